The first-order valence-electron chi connectivity index (χ1n) is 18.5. The molecule has 1 aromatic carbocycles. The molecule has 1 saturated heterocycles. The number of benzene rings is 1. The number of amides is 1. The Hall–Kier alpha value is -3.20. The van der Waals surface area contributed by atoms with Crippen LogP contribution in [0, 0.1) is 17.8 Å². The SMILES string of the molecule is C=CCOC12Oc3ccc(O)cc3C3C(CCCCO)C(CCCCO)C=C(C(=NOC4CCCCO4)CC1N(CCOCCO)C(=O)OC)C32. The molecule has 7 atom stereocenters. The van der Waals surface area contributed by atoms with E-state index in [0.717, 1.165) is 49.7 Å². The molecule has 0 radical (unpaired) electrons. The summed E-state index contributed by atoms with van der Waals surface area (Å²) in [6.07, 6.45) is 10.1. The van der Waals surface area contributed by atoms with E-state index in [0.29, 0.717) is 37.3 Å². The number of oxime groups is 1. The predicted octanol–water partition coefficient (Wildman–Crippen LogP) is 4.63. The van der Waals surface area contributed by atoms with Crippen LogP contribution >= 0.6 is 0 Å². The van der Waals surface area contributed by atoms with E-state index in [1.54, 1.807) is 29.2 Å². The van der Waals surface area contributed by atoms with Crippen molar-refractivity contribution in [3.8, 4) is 11.5 Å². The quantitative estimate of drug-likeness (QED) is 0.0895. The third-order valence-electron chi connectivity index (χ3n) is 10.6. The van der Waals surface area contributed by atoms with Gasteiger partial charge in [0.15, 0.2) is 0 Å². The van der Waals surface area contributed by atoms with Crippen LogP contribution in [0.25, 0.3) is 0 Å². The lowest BCUT2D eigenvalue weighted by Gasteiger charge is -2.59. The Bertz CT molecular complexity index is 1350. The summed E-state index contributed by atoms with van der Waals surface area (Å²) < 4.78 is 30.7. The van der Waals surface area contributed by atoms with Crippen molar-refractivity contribution in [2.24, 2.45) is 22.9 Å². The van der Waals surface area contributed by atoms with Crippen LogP contribution in [-0.4, -0.2) is 115 Å². The molecule has 1 aromatic rings. The first kappa shape index (κ1) is 39.0. The third-order valence-corrected chi connectivity index (χ3v) is 10.6. The van der Waals surface area contributed by atoms with Crippen molar-refractivity contribution >= 4 is 11.8 Å². The van der Waals surface area contributed by atoms with Gasteiger partial charge in [0.2, 0.25) is 12.1 Å². The molecule has 2 fully saturated rings. The molecule has 0 bridgehead atoms. The Morgan fingerprint density at radius 1 is 1.10 bits per heavy atom. The summed E-state index contributed by atoms with van der Waals surface area (Å²) in [5.74, 6) is -1.48. The van der Waals surface area contributed by atoms with Crippen LogP contribution in [0.3, 0.4) is 0 Å². The highest BCUT2D eigenvalue weighted by Crippen LogP contribution is 2.61. The van der Waals surface area contributed by atoms with E-state index in [-0.39, 0.29) is 76.1 Å². The number of aliphatic hydroxyl groups is 3. The van der Waals surface area contributed by atoms with Gasteiger partial charge in [0.05, 0.1) is 51.8 Å². The first-order chi connectivity index (χ1) is 24.9. The van der Waals surface area contributed by atoms with Gasteiger partial charge >= 0.3 is 6.09 Å². The summed E-state index contributed by atoms with van der Waals surface area (Å²) in [6, 6.07) is 4.31. The molecule has 4 aliphatic rings. The van der Waals surface area contributed by atoms with Crippen molar-refractivity contribution in [3.05, 3.63) is 48.1 Å². The van der Waals surface area contributed by atoms with Crippen LogP contribution in [0.5, 0.6) is 11.5 Å². The van der Waals surface area contributed by atoms with E-state index >= 15 is 0 Å². The van der Waals surface area contributed by atoms with Crippen molar-refractivity contribution < 1.29 is 53.7 Å². The van der Waals surface area contributed by atoms with Crippen molar-refractivity contribution in [1.29, 1.82) is 0 Å². The molecule has 2 aliphatic heterocycles. The number of hydrogen-bond donors (Lipinski definition) is 4. The maximum absolute atomic E-state index is 13.7. The third kappa shape index (κ3) is 8.89. The Labute approximate surface area is 300 Å². The van der Waals surface area contributed by atoms with Gasteiger partial charge in [-0.15, -0.1) is 6.58 Å². The van der Waals surface area contributed by atoms with Crippen LogP contribution < -0.4 is 4.74 Å². The number of allylic oxidation sites excluding steroid dienone is 1. The lowest BCUT2D eigenvalue weighted by atomic mass is 9.55. The average molecular weight is 717 g/mol. The van der Waals surface area contributed by atoms with Crippen molar-refractivity contribution in [2.75, 3.05) is 59.9 Å². The smallest absolute Gasteiger partial charge is 0.410 e. The molecule has 284 valence electrons. The molecule has 0 aromatic heterocycles. The van der Waals surface area contributed by atoms with Gasteiger partial charge in [0, 0.05) is 44.1 Å². The number of methoxy groups -OCH3 is 1. The van der Waals surface area contributed by atoms with Gasteiger partial charge in [-0.05, 0) is 74.1 Å². The van der Waals surface area contributed by atoms with Gasteiger partial charge in [-0.2, -0.15) is 0 Å². The number of unbranched alkanes of at least 4 members (excludes halogenated alkanes) is 2. The maximum Gasteiger partial charge on any atom is 0.410 e. The van der Waals surface area contributed by atoms with Crippen molar-refractivity contribution in [2.45, 2.75) is 88.2 Å². The fraction of sp³-hybridized carbons (Fsp3) is 0.684. The number of nitrogens with zero attached hydrogens (tertiary/aromatic N) is 2. The zero-order chi connectivity index (χ0) is 36.2. The molecule has 5 rings (SSSR count). The molecule has 51 heavy (non-hydrogen) atoms. The minimum Gasteiger partial charge on any atom is -0.508 e. The average Bonchev–Trinajstić information content (AvgIpc) is 3.15. The second kappa shape index (κ2) is 19.0. The van der Waals surface area contributed by atoms with Crippen molar-refractivity contribution in [1.82, 2.24) is 4.90 Å². The van der Waals surface area contributed by atoms with E-state index in [1.807, 2.05) is 0 Å². The molecule has 13 heteroatoms. The number of aromatic hydroxyl groups is 1. The standard InChI is InChI=1S/C38H56N2O11/c1-3-19-49-38-33(40(37(45)46-2)15-21-47-22-18-43)25-31(39-51-34-12-6-9-20-48-34)29-23-26(10-4-7-16-41)28(11-5-8-17-42)35(36(29)38)30-24-27(44)13-14-32(30)50-38/h3,13-14,23-24,26,28,33-36,41-44H,1,4-12,15-22,25H2,2H3. The monoisotopic (exact) mass is 716 g/mol. The number of aliphatic hydroxyl groups excluding tert-OH is 3. The summed E-state index contributed by atoms with van der Waals surface area (Å²) in [7, 11) is 1.32. The number of fused-ring (bicyclic) bond motifs is 2. The van der Waals surface area contributed by atoms with E-state index in [9.17, 15) is 25.2 Å². The summed E-state index contributed by atoms with van der Waals surface area (Å²) in [5, 5.41) is 44.5. The number of ether oxygens (including phenoxy) is 5. The highest BCUT2D eigenvalue weighted by atomic mass is 16.8. The van der Waals surface area contributed by atoms with Crippen molar-refractivity contribution in [3.63, 3.8) is 0 Å². The summed E-state index contributed by atoms with van der Waals surface area (Å²) in [4.78, 5) is 21.4. The lowest BCUT2D eigenvalue weighted by molar-refractivity contribution is -0.256. The van der Waals surface area contributed by atoms with Crippen LogP contribution in [0.2, 0.25) is 0 Å². The van der Waals surface area contributed by atoms with Crippen LogP contribution in [0.1, 0.15) is 75.7 Å². The van der Waals surface area contributed by atoms with E-state index in [1.165, 1.54) is 7.11 Å². The predicted molar refractivity (Wildman–Crippen MR) is 188 cm³/mol. The Kier molecular flexibility index (Phi) is 14.6. The maximum atomic E-state index is 13.7. The number of carbonyl (C=O) groups is 1. The molecule has 0 spiro atoms. The molecular formula is C38H56N2O11. The van der Waals surface area contributed by atoms with E-state index in [4.69, 9.17) is 33.7 Å². The Morgan fingerprint density at radius 3 is 2.61 bits per heavy atom. The van der Waals surface area contributed by atoms with Crippen LogP contribution in [0.4, 0.5) is 4.79 Å². The van der Waals surface area contributed by atoms with Crippen LogP contribution in [0.15, 0.2) is 47.7 Å². The summed E-state index contributed by atoms with van der Waals surface area (Å²) in [6.45, 7) is 5.01. The lowest BCUT2D eigenvalue weighted by Crippen LogP contribution is -2.70. The van der Waals surface area contributed by atoms with E-state index in [2.05, 4.69) is 12.7 Å². The topological polar surface area (TPSA) is 169 Å². The number of phenols is 1. The van der Waals surface area contributed by atoms with Gasteiger partial charge in [-0.1, -0.05) is 30.1 Å². The fourth-order valence-corrected chi connectivity index (χ4v) is 8.40. The Balaban J connectivity index is 1.73. The molecular weight excluding hydrogens is 660 g/mol. The highest BCUT2D eigenvalue weighted by molar-refractivity contribution is 6.02. The molecule has 1 saturated carbocycles. The fourth-order valence-electron chi connectivity index (χ4n) is 8.40. The Morgan fingerprint density at radius 2 is 1.90 bits per heavy atom. The van der Waals surface area contributed by atoms with Gasteiger partial charge in [0.25, 0.3) is 0 Å². The molecule has 7 unspecified atom stereocenters. The second-order valence-corrected chi connectivity index (χ2v) is 13.7. The number of hydrogen-bond acceptors (Lipinski definition) is 12. The van der Waals surface area contributed by atoms with Gasteiger partial charge in [-0.3, -0.25) is 4.90 Å². The molecule has 2 heterocycles. The van der Waals surface area contributed by atoms with Gasteiger partial charge < -0.3 is 48.9 Å². The summed E-state index contributed by atoms with van der Waals surface area (Å²) in [5.41, 5.74) is 2.36. The summed E-state index contributed by atoms with van der Waals surface area (Å²) >= 11 is 0. The first-order valence-corrected chi connectivity index (χ1v) is 18.5. The minimum atomic E-state index is -1.45. The van der Waals surface area contributed by atoms with Crippen LogP contribution in [-0.2, 0) is 23.8 Å². The minimum absolute atomic E-state index is 0.0298. The zero-order valence-corrected chi connectivity index (χ0v) is 29.8. The highest BCUT2D eigenvalue weighted by Gasteiger charge is 2.65. The number of rotatable bonds is 19. The molecule has 2 aliphatic carbocycles. The number of phenolic OH excluding ortho intramolecular Hbond substituents is 1. The second-order valence-electron chi connectivity index (χ2n) is 13.7. The molecule has 13 nitrogen and oxygen atoms in total. The molecule has 4 N–H and O–H groups in total. The van der Waals surface area contributed by atoms with E-state index < -0.39 is 30.1 Å². The molecule has 1 amide bonds. The van der Waals surface area contributed by atoms with Gasteiger partial charge in [0.1, 0.15) is 17.5 Å². The number of carbonyl (C=O) groups excluding carboxylic acids is 1. The largest absolute Gasteiger partial charge is 0.508 e. The normalized spacial score (nSPS) is 28.9. The zero-order valence-electron chi connectivity index (χ0n) is 29.8. The van der Waals surface area contributed by atoms with Gasteiger partial charge in [-0.25, -0.2) is 4.79 Å².